The molecule has 1 rings (SSSR count). The molecule has 0 aromatic carbocycles. The normalized spacial score (nSPS) is 24.1. The van der Waals surface area contributed by atoms with Gasteiger partial charge in [0.25, 0.3) is 0 Å². The van der Waals surface area contributed by atoms with Crippen LogP contribution in [-0.2, 0) is 4.79 Å². The number of piperidine rings is 1. The molecular formula is C15H30N2O. The van der Waals surface area contributed by atoms with E-state index in [1.807, 2.05) is 13.8 Å². The summed E-state index contributed by atoms with van der Waals surface area (Å²) >= 11 is 0. The summed E-state index contributed by atoms with van der Waals surface area (Å²) in [4.78, 5) is 14.6. The van der Waals surface area contributed by atoms with Crippen molar-refractivity contribution >= 4 is 5.91 Å². The van der Waals surface area contributed by atoms with Gasteiger partial charge in [-0.25, -0.2) is 0 Å². The highest BCUT2D eigenvalue weighted by Gasteiger charge is 2.30. The summed E-state index contributed by atoms with van der Waals surface area (Å²) in [5, 5.41) is 0. The largest absolute Gasteiger partial charge is 0.339 e. The summed E-state index contributed by atoms with van der Waals surface area (Å²) in [5.41, 5.74) is 5.86. The number of hydrogen-bond donors (Lipinski definition) is 1. The third-order valence-electron chi connectivity index (χ3n) is 4.17. The van der Waals surface area contributed by atoms with Gasteiger partial charge in [-0.1, -0.05) is 20.8 Å². The monoisotopic (exact) mass is 254 g/mol. The number of amides is 1. The fourth-order valence-corrected chi connectivity index (χ4v) is 2.60. The van der Waals surface area contributed by atoms with Crippen molar-refractivity contribution in [1.29, 1.82) is 0 Å². The highest BCUT2D eigenvalue weighted by atomic mass is 16.2. The third kappa shape index (κ3) is 4.27. The lowest BCUT2D eigenvalue weighted by Gasteiger charge is -2.38. The molecule has 0 aromatic heterocycles. The first kappa shape index (κ1) is 15.5. The number of rotatable bonds is 5. The molecule has 0 radical (unpaired) electrons. The van der Waals surface area contributed by atoms with Gasteiger partial charge in [-0.05, 0) is 44.9 Å². The van der Waals surface area contributed by atoms with Crippen molar-refractivity contribution < 1.29 is 4.79 Å². The Morgan fingerprint density at radius 2 is 1.94 bits per heavy atom. The average Bonchev–Trinajstić information content (AvgIpc) is 2.34. The molecule has 1 aliphatic heterocycles. The molecule has 0 aromatic rings. The van der Waals surface area contributed by atoms with Crippen molar-refractivity contribution in [1.82, 2.24) is 4.90 Å². The van der Waals surface area contributed by atoms with Gasteiger partial charge in [-0.3, -0.25) is 4.79 Å². The van der Waals surface area contributed by atoms with Gasteiger partial charge in [0.2, 0.25) is 5.91 Å². The lowest BCUT2D eigenvalue weighted by atomic mass is 9.92. The smallest absolute Gasteiger partial charge is 0.227 e. The van der Waals surface area contributed by atoms with E-state index in [-0.39, 0.29) is 17.9 Å². The maximum atomic E-state index is 12.4. The molecular weight excluding hydrogens is 224 g/mol. The van der Waals surface area contributed by atoms with Crippen LogP contribution in [0.3, 0.4) is 0 Å². The van der Waals surface area contributed by atoms with E-state index in [0.29, 0.717) is 6.04 Å². The molecule has 3 nitrogen and oxygen atoms in total. The Bertz CT molecular complexity index is 263. The number of nitrogens with two attached hydrogens (primary N) is 1. The minimum atomic E-state index is -0.0513. The highest BCUT2D eigenvalue weighted by Crippen LogP contribution is 2.24. The Labute approximate surface area is 112 Å². The van der Waals surface area contributed by atoms with Crippen molar-refractivity contribution in [3.05, 3.63) is 0 Å². The molecule has 0 aliphatic carbocycles. The molecule has 0 bridgehead atoms. The molecule has 3 unspecified atom stereocenters. The second-order valence-electron chi connectivity index (χ2n) is 6.30. The molecule has 1 fully saturated rings. The molecule has 1 saturated heterocycles. The van der Waals surface area contributed by atoms with E-state index >= 15 is 0 Å². The molecule has 18 heavy (non-hydrogen) atoms. The maximum absolute atomic E-state index is 12.4. The van der Waals surface area contributed by atoms with Crippen LogP contribution in [0.15, 0.2) is 0 Å². The van der Waals surface area contributed by atoms with Gasteiger partial charge in [0.15, 0.2) is 0 Å². The zero-order valence-corrected chi connectivity index (χ0v) is 12.5. The maximum Gasteiger partial charge on any atom is 0.227 e. The average molecular weight is 254 g/mol. The van der Waals surface area contributed by atoms with Crippen LogP contribution in [0.1, 0.15) is 59.8 Å². The Kier molecular flexibility index (Phi) is 6.13. The minimum Gasteiger partial charge on any atom is -0.339 e. The molecule has 0 saturated carbocycles. The van der Waals surface area contributed by atoms with Gasteiger partial charge in [-0.2, -0.15) is 0 Å². The summed E-state index contributed by atoms with van der Waals surface area (Å²) in [6.07, 6.45) is 5.94. The Hall–Kier alpha value is -0.570. The van der Waals surface area contributed by atoms with Gasteiger partial charge in [0.05, 0.1) is 5.92 Å². The first-order valence-electron chi connectivity index (χ1n) is 7.49. The molecule has 0 spiro atoms. The molecule has 1 aliphatic rings. The Morgan fingerprint density at radius 1 is 1.28 bits per heavy atom. The summed E-state index contributed by atoms with van der Waals surface area (Å²) < 4.78 is 0. The summed E-state index contributed by atoms with van der Waals surface area (Å²) in [5.74, 6) is 0.929. The summed E-state index contributed by atoms with van der Waals surface area (Å²) in [7, 11) is 0. The quantitative estimate of drug-likeness (QED) is 0.820. The molecule has 2 N–H and O–H groups in total. The van der Waals surface area contributed by atoms with Crippen LogP contribution >= 0.6 is 0 Å². The number of hydrogen-bond acceptors (Lipinski definition) is 2. The molecule has 1 amide bonds. The zero-order chi connectivity index (χ0) is 13.7. The number of carbonyl (C=O) groups excluding carboxylic acids is 1. The van der Waals surface area contributed by atoms with Crippen molar-refractivity contribution in [2.45, 2.75) is 71.9 Å². The predicted octanol–water partition coefficient (Wildman–Crippen LogP) is 2.79. The van der Waals surface area contributed by atoms with E-state index in [2.05, 4.69) is 18.7 Å². The summed E-state index contributed by atoms with van der Waals surface area (Å²) in [6, 6.07) is 0.403. The van der Waals surface area contributed by atoms with Gasteiger partial charge in [-0.15, -0.1) is 0 Å². The Morgan fingerprint density at radius 3 is 2.50 bits per heavy atom. The standard InChI is InChI=1S/C15H30N2O/c1-11(2)8-9-14-7-5-6-10-17(14)15(18)12(3)13(4)16/h11-14H,5-10,16H2,1-4H3. The fourth-order valence-electron chi connectivity index (χ4n) is 2.60. The van der Waals surface area contributed by atoms with Crippen molar-refractivity contribution in [3.63, 3.8) is 0 Å². The zero-order valence-electron chi connectivity index (χ0n) is 12.5. The van der Waals surface area contributed by atoms with E-state index in [4.69, 9.17) is 5.73 Å². The molecule has 3 heteroatoms. The highest BCUT2D eigenvalue weighted by molar-refractivity contribution is 5.79. The topological polar surface area (TPSA) is 46.3 Å². The van der Waals surface area contributed by atoms with Gasteiger partial charge < -0.3 is 10.6 Å². The van der Waals surface area contributed by atoms with Crippen LogP contribution in [-0.4, -0.2) is 29.4 Å². The van der Waals surface area contributed by atoms with Crippen LogP contribution in [0.4, 0.5) is 0 Å². The predicted molar refractivity (Wildman–Crippen MR) is 76.2 cm³/mol. The van der Waals surface area contributed by atoms with E-state index in [0.717, 1.165) is 25.3 Å². The minimum absolute atomic E-state index is 0.0508. The van der Waals surface area contributed by atoms with Gasteiger partial charge in [0.1, 0.15) is 0 Å². The van der Waals surface area contributed by atoms with E-state index in [1.54, 1.807) is 0 Å². The van der Waals surface area contributed by atoms with Crippen LogP contribution in [0.25, 0.3) is 0 Å². The number of carbonyl (C=O) groups is 1. The molecule has 1 heterocycles. The van der Waals surface area contributed by atoms with Crippen LogP contribution < -0.4 is 5.73 Å². The molecule has 106 valence electrons. The van der Waals surface area contributed by atoms with Crippen molar-refractivity contribution in [3.8, 4) is 0 Å². The number of likely N-dealkylation sites (tertiary alicyclic amines) is 1. The third-order valence-corrected chi connectivity index (χ3v) is 4.17. The van der Waals surface area contributed by atoms with Gasteiger partial charge >= 0.3 is 0 Å². The van der Waals surface area contributed by atoms with E-state index < -0.39 is 0 Å². The van der Waals surface area contributed by atoms with Crippen LogP contribution in [0, 0.1) is 11.8 Å². The van der Waals surface area contributed by atoms with Crippen LogP contribution in [0.5, 0.6) is 0 Å². The fraction of sp³-hybridized carbons (Fsp3) is 0.933. The Balaban J connectivity index is 2.61. The van der Waals surface area contributed by atoms with Crippen LogP contribution in [0.2, 0.25) is 0 Å². The SMILES string of the molecule is CC(C)CCC1CCCCN1C(=O)C(C)C(C)N. The molecule has 3 atom stereocenters. The van der Waals surface area contributed by atoms with Crippen molar-refractivity contribution in [2.24, 2.45) is 17.6 Å². The lowest BCUT2D eigenvalue weighted by Crippen LogP contribution is -2.49. The lowest BCUT2D eigenvalue weighted by molar-refractivity contribution is -0.139. The first-order chi connectivity index (χ1) is 8.43. The summed E-state index contributed by atoms with van der Waals surface area (Å²) in [6.45, 7) is 9.31. The first-order valence-corrected chi connectivity index (χ1v) is 7.49. The second-order valence-corrected chi connectivity index (χ2v) is 6.30. The van der Waals surface area contributed by atoms with E-state index in [9.17, 15) is 4.79 Å². The van der Waals surface area contributed by atoms with Gasteiger partial charge in [0, 0.05) is 18.6 Å². The second kappa shape index (κ2) is 7.13. The van der Waals surface area contributed by atoms with E-state index in [1.165, 1.54) is 19.3 Å². The number of nitrogens with zero attached hydrogens (tertiary/aromatic N) is 1. The van der Waals surface area contributed by atoms with Crippen molar-refractivity contribution in [2.75, 3.05) is 6.54 Å².